The zero-order valence-electron chi connectivity index (χ0n) is 15.1. The molecule has 0 aromatic carbocycles. The minimum Gasteiger partial charge on any atom is -0.310 e. The van der Waals surface area contributed by atoms with Crippen LogP contribution in [0.2, 0.25) is 0 Å². The van der Waals surface area contributed by atoms with Gasteiger partial charge < -0.3 is 4.90 Å². The van der Waals surface area contributed by atoms with E-state index in [-0.39, 0.29) is 11.6 Å². The zero-order chi connectivity index (χ0) is 19.6. The molecule has 3 aromatic rings. The first kappa shape index (κ1) is 17.9. The van der Waals surface area contributed by atoms with Crippen molar-refractivity contribution < 1.29 is 4.79 Å². The third-order valence-electron chi connectivity index (χ3n) is 4.23. The number of nitrogens with one attached hydrogen (secondary N) is 1. The molecule has 1 amide bonds. The molecule has 3 heterocycles. The lowest BCUT2D eigenvalue weighted by atomic mass is 10.1. The van der Waals surface area contributed by atoms with Gasteiger partial charge in [0.15, 0.2) is 5.82 Å². The van der Waals surface area contributed by atoms with Crippen LogP contribution in [0.5, 0.6) is 0 Å². The number of nitrogens with zero attached hydrogens (tertiary/aromatic N) is 6. The van der Waals surface area contributed by atoms with Crippen LogP contribution >= 0.6 is 0 Å². The summed E-state index contributed by atoms with van der Waals surface area (Å²) in [7, 11) is 1.68. The monoisotopic (exact) mass is 359 g/mol. The Kier molecular flexibility index (Phi) is 4.77. The van der Waals surface area contributed by atoms with E-state index in [4.69, 9.17) is 10.7 Å². The number of pyridine rings is 2. The van der Waals surface area contributed by atoms with Gasteiger partial charge >= 0.3 is 0 Å². The highest BCUT2D eigenvalue weighted by Crippen LogP contribution is 2.20. The van der Waals surface area contributed by atoms with E-state index in [0.717, 1.165) is 5.56 Å². The van der Waals surface area contributed by atoms with Gasteiger partial charge in [-0.3, -0.25) is 15.2 Å². The van der Waals surface area contributed by atoms with Crippen molar-refractivity contribution in [2.24, 2.45) is 0 Å². The molecule has 3 aromatic heterocycles. The molecular weight excluding hydrogens is 342 g/mol. The van der Waals surface area contributed by atoms with E-state index in [1.165, 1.54) is 17.3 Å². The van der Waals surface area contributed by atoms with E-state index in [2.05, 4.69) is 15.1 Å². The lowest BCUT2D eigenvalue weighted by Gasteiger charge is -2.16. The number of amides is 1. The van der Waals surface area contributed by atoms with E-state index >= 15 is 0 Å². The van der Waals surface area contributed by atoms with Gasteiger partial charge in [-0.05, 0) is 37.6 Å². The molecule has 0 radical (unpaired) electrons. The lowest BCUT2D eigenvalue weighted by molar-refractivity contribution is 0.0992. The Balaban J connectivity index is 1.95. The number of nitriles is 1. The summed E-state index contributed by atoms with van der Waals surface area (Å²) in [6.45, 7) is 3.62. The largest absolute Gasteiger partial charge is 0.310 e. The Morgan fingerprint density at radius 2 is 2.07 bits per heavy atom. The summed E-state index contributed by atoms with van der Waals surface area (Å²) in [5.41, 5.74) is 2.83. The van der Waals surface area contributed by atoms with Crippen LogP contribution in [0.1, 0.15) is 27.2 Å². The first-order valence-electron chi connectivity index (χ1n) is 8.12. The van der Waals surface area contributed by atoms with Gasteiger partial charge in [-0.2, -0.15) is 10.4 Å². The normalized spacial score (nSPS) is 10.3. The van der Waals surface area contributed by atoms with Crippen LogP contribution < -0.4 is 4.90 Å². The number of aryl methyl sites for hydroxylation is 1. The maximum Gasteiger partial charge on any atom is 0.261 e. The molecule has 0 aliphatic heterocycles. The van der Waals surface area contributed by atoms with Crippen molar-refractivity contribution in [2.75, 3.05) is 11.9 Å². The zero-order valence-corrected chi connectivity index (χ0v) is 15.1. The highest BCUT2D eigenvalue weighted by molar-refractivity contribution is 6.09. The smallest absolute Gasteiger partial charge is 0.261 e. The van der Waals surface area contributed by atoms with Gasteiger partial charge in [-0.15, -0.1) is 0 Å². The summed E-state index contributed by atoms with van der Waals surface area (Å²) in [6, 6.07) is 7.07. The Morgan fingerprint density at radius 1 is 1.30 bits per heavy atom. The second kappa shape index (κ2) is 7.17. The Labute approximate surface area is 156 Å². The number of hydrogen-bond donors (Lipinski definition) is 1. The van der Waals surface area contributed by atoms with E-state index in [0.29, 0.717) is 28.3 Å². The quantitative estimate of drug-likeness (QED) is 0.719. The number of aromatic nitrogens is 4. The van der Waals surface area contributed by atoms with Crippen molar-refractivity contribution in [1.29, 1.82) is 10.7 Å². The molecule has 0 bridgehead atoms. The Bertz CT molecular complexity index is 1060. The fraction of sp³-hybridized carbons (Fsp3) is 0.158. The summed E-state index contributed by atoms with van der Waals surface area (Å²) in [6.07, 6.45) is 6.23. The second-order valence-corrected chi connectivity index (χ2v) is 5.98. The highest BCUT2D eigenvalue weighted by atomic mass is 16.2. The molecule has 27 heavy (non-hydrogen) atoms. The second-order valence-electron chi connectivity index (χ2n) is 5.98. The van der Waals surface area contributed by atoms with E-state index < -0.39 is 0 Å². The van der Waals surface area contributed by atoms with Crippen molar-refractivity contribution in [3.63, 3.8) is 0 Å². The first-order valence-corrected chi connectivity index (χ1v) is 8.12. The molecule has 0 saturated carbocycles. The van der Waals surface area contributed by atoms with Crippen molar-refractivity contribution >= 4 is 17.3 Å². The van der Waals surface area contributed by atoms with Crippen LogP contribution in [0.25, 0.3) is 5.82 Å². The van der Waals surface area contributed by atoms with Crippen LogP contribution in [0.3, 0.4) is 0 Å². The highest BCUT2D eigenvalue weighted by Gasteiger charge is 2.21. The minimum absolute atomic E-state index is 0.150. The van der Waals surface area contributed by atoms with Gasteiger partial charge in [0.05, 0.1) is 29.3 Å². The summed E-state index contributed by atoms with van der Waals surface area (Å²) < 4.78 is 1.58. The number of anilines is 1. The number of rotatable bonds is 4. The number of hydrogen-bond acceptors (Lipinski definition) is 6. The predicted octanol–water partition coefficient (Wildman–Crippen LogP) is 2.45. The molecule has 8 heteroatoms. The van der Waals surface area contributed by atoms with Gasteiger partial charge in [0.2, 0.25) is 0 Å². The van der Waals surface area contributed by atoms with Gasteiger partial charge in [0, 0.05) is 25.0 Å². The van der Waals surface area contributed by atoms with Crippen molar-refractivity contribution in [3.8, 4) is 11.9 Å². The van der Waals surface area contributed by atoms with E-state index in [1.807, 2.05) is 6.92 Å². The van der Waals surface area contributed by atoms with Crippen molar-refractivity contribution in [1.82, 2.24) is 19.7 Å². The van der Waals surface area contributed by atoms with Crippen LogP contribution in [-0.4, -0.2) is 38.4 Å². The van der Waals surface area contributed by atoms with E-state index in [9.17, 15) is 4.79 Å². The number of carbonyl (C=O) groups excluding carboxylic acids is 1. The van der Waals surface area contributed by atoms with Crippen LogP contribution in [0, 0.1) is 30.6 Å². The maximum atomic E-state index is 12.8. The molecule has 0 aliphatic rings. The molecule has 0 unspecified atom stereocenters. The molecule has 3 rings (SSSR count). The maximum absolute atomic E-state index is 12.8. The van der Waals surface area contributed by atoms with Crippen LogP contribution in [0.4, 0.5) is 5.69 Å². The Hall–Kier alpha value is -3.86. The molecule has 1 N–H and O–H groups in total. The average molecular weight is 359 g/mol. The number of carbonyl (C=O) groups is 1. The minimum atomic E-state index is -0.202. The van der Waals surface area contributed by atoms with Crippen LogP contribution in [-0.2, 0) is 0 Å². The SMILES string of the molecule is Cc1cc(C(=N)C#N)cnc1-n1ncc(C(=O)N(C)c2cccnc2)c1C. The molecular formula is C19H17N7O. The molecule has 0 fully saturated rings. The molecule has 0 aliphatic carbocycles. The lowest BCUT2D eigenvalue weighted by Crippen LogP contribution is -2.26. The molecule has 0 spiro atoms. The van der Waals surface area contributed by atoms with Gasteiger partial charge in [0.25, 0.3) is 5.91 Å². The Morgan fingerprint density at radius 3 is 2.70 bits per heavy atom. The summed E-state index contributed by atoms with van der Waals surface area (Å²) in [5, 5.41) is 20.8. The molecule has 0 saturated heterocycles. The summed E-state index contributed by atoms with van der Waals surface area (Å²) >= 11 is 0. The fourth-order valence-corrected chi connectivity index (χ4v) is 2.67. The average Bonchev–Trinajstić information content (AvgIpc) is 3.07. The molecule has 8 nitrogen and oxygen atoms in total. The predicted molar refractivity (Wildman–Crippen MR) is 100 cm³/mol. The van der Waals surface area contributed by atoms with Gasteiger partial charge in [-0.25, -0.2) is 9.67 Å². The van der Waals surface area contributed by atoms with Gasteiger partial charge in [0.1, 0.15) is 11.8 Å². The van der Waals surface area contributed by atoms with Gasteiger partial charge in [-0.1, -0.05) is 0 Å². The third-order valence-corrected chi connectivity index (χ3v) is 4.23. The first-order chi connectivity index (χ1) is 12.9. The summed E-state index contributed by atoms with van der Waals surface area (Å²) in [5.74, 6) is 0.345. The van der Waals surface area contributed by atoms with Crippen LogP contribution in [0.15, 0.2) is 43.0 Å². The van der Waals surface area contributed by atoms with Crippen molar-refractivity contribution in [2.45, 2.75) is 13.8 Å². The third kappa shape index (κ3) is 3.30. The molecule has 0 atom stereocenters. The molecule has 134 valence electrons. The summed E-state index contributed by atoms with van der Waals surface area (Å²) in [4.78, 5) is 22.7. The van der Waals surface area contributed by atoms with E-state index in [1.54, 1.807) is 55.3 Å². The van der Waals surface area contributed by atoms with Crippen molar-refractivity contribution in [3.05, 3.63) is 65.4 Å². The topological polar surface area (TPSA) is 112 Å². The standard InChI is InChI=1S/C19H17N7O/c1-12-7-14(17(21)8-20)9-23-18(12)26-13(2)16(11-24-26)19(27)25(3)15-5-4-6-22-10-15/h4-7,9-11,21H,1-3H3. The fourth-order valence-electron chi connectivity index (χ4n) is 2.67.